The Kier molecular flexibility index (Phi) is 6.12. The van der Waals surface area contributed by atoms with Gasteiger partial charge in [-0.05, 0) is 51.5 Å². The van der Waals surface area contributed by atoms with Crippen LogP contribution in [0, 0.1) is 5.92 Å². The minimum atomic E-state index is -0.225. The maximum atomic E-state index is 12.6. The van der Waals surface area contributed by atoms with Crippen molar-refractivity contribution >= 4 is 11.9 Å². The van der Waals surface area contributed by atoms with Crippen LogP contribution >= 0.6 is 0 Å². The van der Waals surface area contributed by atoms with Gasteiger partial charge in [0.1, 0.15) is 12.4 Å². The summed E-state index contributed by atoms with van der Waals surface area (Å²) in [6.07, 6.45) is 6.92. The number of allylic oxidation sites excluding steroid dienone is 2. The number of nitrogens with zero attached hydrogens (tertiary/aromatic N) is 1. The number of ketones is 1. The maximum Gasteiger partial charge on any atom is 0.410 e. The zero-order valence-electron chi connectivity index (χ0n) is 15.8. The van der Waals surface area contributed by atoms with E-state index in [4.69, 9.17) is 4.74 Å². The van der Waals surface area contributed by atoms with E-state index in [1.165, 1.54) is 5.57 Å². The van der Waals surface area contributed by atoms with Gasteiger partial charge in [-0.2, -0.15) is 0 Å². The second-order valence-electron chi connectivity index (χ2n) is 7.79. The van der Waals surface area contributed by atoms with Gasteiger partial charge in [0.15, 0.2) is 0 Å². The highest BCUT2D eigenvalue weighted by Crippen LogP contribution is 2.40. The van der Waals surface area contributed by atoms with Crippen molar-refractivity contribution in [2.45, 2.75) is 71.1 Å². The zero-order valence-corrected chi connectivity index (χ0v) is 15.8. The SMILES string of the molecule is CC(C)=CCCC(=O)C1CC2CCC(C1)N2C(=O)OCc1ccccc1. The molecule has 140 valence electrons. The first-order chi connectivity index (χ1) is 12.5. The monoisotopic (exact) mass is 355 g/mol. The molecule has 2 unspecified atom stereocenters. The van der Waals surface area contributed by atoms with Crippen LogP contribution < -0.4 is 0 Å². The van der Waals surface area contributed by atoms with Crippen LogP contribution in [-0.2, 0) is 16.1 Å². The van der Waals surface area contributed by atoms with Crippen LogP contribution in [-0.4, -0.2) is 28.9 Å². The highest BCUT2D eigenvalue weighted by Gasteiger charge is 2.45. The molecule has 0 aliphatic carbocycles. The summed E-state index contributed by atoms with van der Waals surface area (Å²) in [5.41, 5.74) is 2.26. The van der Waals surface area contributed by atoms with Crippen LogP contribution in [0.3, 0.4) is 0 Å². The fraction of sp³-hybridized carbons (Fsp3) is 0.545. The summed E-state index contributed by atoms with van der Waals surface area (Å²) in [6.45, 7) is 4.43. The molecule has 2 bridgehead atoms. The van der Waals surface area contributed by atoms with Crippen molar-refractivity contribution in [3.05, 3.63) is 47.5 Å². The number of fused-ring (bicyclic) bond motifs is 2. The minimum absolute atomic E-state index is 0.108. The molecule has 3 rings (SSSR count). The maximum absolute atomic E-state index is 12.6. The third kappa shape index (κ3) is 4.54. The van der Waals surface area contributed by atoms with Gasteiger partial charge < -0.3 is 9.64 Å². The van der Waals surface area contributed by atoms with Crippen LogP contribution in [0.5, 0.6) is 0 Å². The van der Waals surface area contributed by atoms with Crippen molar-refractivity contribution in [2.24, 2.45) is 5.92 Å². The van der Waals surface area contributed by atoms with E-state index in [1.54, 1.807) is 0 Å². The Labute approximate surface area is 156 Å². The number of hydrogen-bond acceptors (Lipinski definition) is 3. The van der Waals surface area contributed by atoms with E-state index >= 15 is 0 Å². The van der Waals surface area contributed by atoms with Crippen molar-refractivity contribution < 1.29 is 14.3 Å². The van der Waals surface area contributed by atoms with Gasteiger partial charge in [0.2, 0.25) is 0 Å². The number of Topliss-reactive ketones (excluding diaryl/α,β-unsaturated/α-hetero) is 1. The van der Waals surface area contributed by atoms with Gasteiger partial charge in [-0.15, -0.1) is 0 Å². The molecule has 2 fully saturated rings. The zero-order chi connectivity index (χ0) is 18.5. The molecule has 0 N–H and O–H groups in total. The highest BCUT2D eigenvalue weighted by atomic mass is 16.6. The molecule has 4 nitrogen and oxygen atoms in total. The Bertz CT molecular complexity index is 649. The lowest BCUT2D eigenvalue weighted by Gasteiger charge is -2.37. The molecule has 2 heterocycles. The Hall–Kier alpha value is -2.10. The molecule has 2 saturated heterocycles. The van der Waals surface area contributed by atoms with Crippen LogP contribution in [0.2, 0.25) is 0 Å². The quantitative estimate of drug-likeness (QED) is 0.683. The standard InChI is InChI=1S/C22H29NO3/c1-16(2)7-6-10-21(24)18-13-19-11-12-20(14-18)23(19)22(25)26-15-17-8-4-3-5-9-17/h3-5,7-9,18-20H,6,10-15H2,1-2H3. The summed E-state index contributed by atoms with van der Waals surface area (Å²) in [4.78, 5) is 27.0. The second kappa shape index (κ2) is 8.52. The molecule has 26 heavy (non-hydrogen) atoms. The van der Waals surface area contributed by atoms with Crippen LogP contribution in [0.15, 0.2) is 42.0 Å². The molecule has 2 aliphatic rings. The lowest BCUT2D eigenvalue weighted by Crippen LogP contribution is -2.48. The second-order valence-corrected chi connectivity index (χ2v) is 7.79. The topological polar surface area (TPSA) is 46.6 Å². The highest BCUT2D eigenvalue weighted by molar-refractivity contribution is 5.82. The predicted molar refractivity (Wildman–Crippen MR) is 102 cm³/mol. The van der Waals surface area contributed by atoms with Crippen molar-refractivity contribution in [1.29, 1.82) is 0 Å². The fourth-order valence-electron chi connectivity index (χ4n) is 4.24. The van der Waals surface area contributed by atoms with Gasteiger partial charge >= 0.3 is 6.09 Å². The van der Waals surface area contributed by atoms with Gasteiger partial charge in [-0.25, -0.2) is 4.79 Å². The summed E-state index contributed by atoms with van der Waals surface area (Å²) in [5.74, 6) is 0.466. The summed E-state index contributed by atoms with van der Waals surface area (Å²) >= 11 is 0. The predicted octanol–water partition coefficient (Wildman–Crippen LogP) is 4.88. The summed E-state index contributed by atoms with van der Waals surface area (Å²) in [6, 6.07) is 10.1. The Morgan fingerprint density at radius 2 is 1.77 bits per heavy atom. The summed E-state index contributed by atoms with van der Waals surface area (Å²) in [7, 11) is 0. The molecule has 0 aromatic heterocycles. The largest absolute Gasteiger partial charge is 0.445 e. The molecule has 1 aromatic rings. The Morgan fingerprint density at radius 3 is 2.38 bits per heavy atom. The Balaban J connectivity index is 1.52. The van der Waals surface area contributed by atoms with E-state index in [9.17, 15) is 9.59 Å². The molecule has 1 aromatic carbocycles. The summed E-state index contributed by atoms with van der Waals surface area (Å²) < 4.78 is 5.53. The first kappa shape index (κ1) is 18.7. The number of carbonyl (C=O) groups is 2. The van der Waals surface area contributed by atoms with Crippen molar-refractivity contribution in [1.82, 2.24) is 4.90 Å². The minimum Gasteiger partial charge on any atom is -0.445 e. The van der Waals surface area contributed by atoms with Crippen LogP contribution in [0.4, 0.5) is 4.79 Å². The number of hydrogen-bond donors (Lipinski definition) is 0. The van der Waals surface area contributed by atoms with E-state index < -0.39 is 0 Å². The Morgan fingerprint density at radius 1 is 1.12 bits per heavy atom. The van der Waals surface area contributed by atoms with E-state index in [-0.39, 0.29) is 24.1 Å². The molecule has 2 aliphatic heterocycles. The van der Waals surface area contributed by atoms with Gasteiger partial charge in [-0.1, -0.05) is 42.0 Å². The van der Waals surface area contributed by atoms with E-state index in [0.29, 0.717) is 18.8 Å². The van der Waals surface area contributed by atoms with Gasteiger partial charge in [-0.3, -0.25) is 4.79 Å². The van der Waals surface area contributed by atoms with E-state index in [1.807, 2.05) is 35.2 Å². The number of carbonyl (C=O) groups excluding carboxylic acids is 2. The van der Waals surface area contributed by atoms with Crippen molar-refractivity contribution in [3.63, 3.8) is 0 Å². The van der Waals surface area contributed by atoms with Crippen LogP contribution in [0.1, 0.15) is 57.9 Å². The number of ether oxygens (including phenoxy) is 1. The lowest BCUT2D eigenvalue weighted by atomic mass is 9.86. The first-order valence-corrected chi connectivity index (χ1v) is 9.69. The number of benzene rings is 1. The van der Waals surface area contributed by atoms with Crippen molar-refractivity contribution in [2.75, 3.05) is 0 Å². The normalized spacial score (nSPS) is 24.2. The molecule has 2 atom stereocenters. The molecule has 1 amide bonds. The fourth-order valence-corrected chi connectivity index (χ4v) is 4.24. The van der Waals surface area contributed by atoms with E-state index in [2.05, 4.69) is 19.9 Å². The third-order valence-corrected chi connectivity index (χ3v) is 5.55. The van der Waals surface area contributed by atoms with Crippen molar-refractivity contribution in [3.8, 4) is 0 Å². The third-order valence-electron chi connectivity index (χ3n) is 5.55. The smallest absolute Gasteiger partial charge is 0.410 e. The number of rotatable bonds is 6. The molecule has 4 heteroatoms. The molecular formula is C22H29NO3. The average Bonchev–Trinajstić information content (AvgIpc) is 2.90. The molecule has 0 saturated carbocycles. The van der Waals surface area contributed by atoms with Gasteiger partial charge in [0.05, 0.1) is 0 Å². The average molecular weight is 355 g/mol. The van der Waals surface area contributed by atoms with Gasteiger partial charge in [0.25, 0.3) is 0 Å². The van der Waals surface area contributed by atoms with Crippen LogP contribution in [0.25, 0.3) is 0 Å². The number of piperidine rings is 1. The lowest BCUT2D eigenvalue weighted by molar-refractivity contribution is -0.125. The van der Waals surface area contributed by atoms with Gasteiger partial charge in [0, 0.05) is 24.4 Å². The van der Waals surface area contributed by atoms with E-state index in [0.717, 1.165) is 37.7 Å². The summed E-state index contributed by atoms with van der Waals surface area (Å²) in [5, 5.41) is 0. The molecule has 0 radical (unpaired) electrons. The molecule has 0 spiro atoms. The first-order valence-electron chi connectivity index (χ1n) is 9.69. The number of amides is 1. The molecular weight excluding hydrogens is 326 g/mol.